The monoisotopic (exact) mass is 291 g/mol. The number of rotatable bonds is 4. The molecule has 0 atom stereocenters. The number of halogens is 1. The molecule has 0 N–H and O–H groups in total. The first-order chi connectivity index (χ1) is 9.51. The van der Waals surface area contributed by atoms with Gasteiger partial charge in [-0.15, -0.1) is 11.6 Å². The Morgan fingerprint density at radius 2 is 1.95 bits per heavy atom. The summed E-state index contributed by atoms with van der Waals surface area (Å²) in [6, 6.07) is 10.7. The molecule has 0 aromatic heterocycles. The Kier molecular flexibility index (Phi) is 4.25. The predicted molar refractivity (Wildman–Crippen MR) is 78.6 cm³/mol. The molecule has 0 aliphatic carbocycles. The standard InChI is InChI=1S/C15H14ClNO3/c1-10-7-15(11(2)6-14(10)17(18)19)20-13-5-3-4-12(8-13)9-16/h3-8H,9H2,1-2H3. The van der Waals surface area contributed by atoms with E-state index >= 15 is 0 Å². The lowest BCUT2D eigenvalue weighted by molar-refractivity contribution is -0.385. The molecular formula is C15H14ClNO3. The van der Waals surface area contributed by atoms with Crippen LogP contribution in [0.2, 0.25) is 0 Å². The molecule has 20 heavy (non-hydrogen) atoms. The van der Waals surface area contributed by atoms with Gasteiger partial charge in [0, 0.05) is 17.5 Å². The molecule has 0 fully saturated rings. The molecular weight excluding hydrogens is 278 g/mol. The fourth-order valence-electron chi connectivity index (χ4n) is 1.90. The molecule has 0 spiro atoms. The number of ether oxygens (including phenoxy) is 1. The van der Waals surface area contributed by atoms with E-state index in [1.54, 1.807) is 19.9 Å². The first-order valence-electron chi connectivity index (χ1n) is 6.09. The molecule has 0 aliphatic heterocycles. The summed E-state index contributed by atoms with van der Waals surface area (Å²) in [6.07, 6.45) is 0. The second kappa shape index (κ2) is 5.92. The maximum Gasteiger partial charge on any atom is 0.272 e. The number of aryl methyl sites for hydroxylation is 2. The quantitative estimate of drug-likeness (QED) is 0.464. The minimum Gasteiger partial charge on any atom is -0.457 e. The van der Waals surface area contributed by atoms with E-state index in [9.17, 15) is 10.1 Å². The van der Waals surface area contributed by atoms with Gasteiger partial charge >= 0.3 is 0 Å². The van der Waals surface area contributed by atoms with E-state index in [2.05, 4.69) is 0 Å². The Labute approximate surface area is 122 Å². The topological polar surface area (TPSA) is 52.4 Å². The summed E-state index contributed by atoms with van der Waals surface area (Å²) >= 11 is 5.78. The molecule has 104 valence electrons. The first-order valence-corrected chi connectivity index (χ1v) is 6.63. The van der Waals surface area contributed by atoms with Crippen LogP contribution in [0.15, 0.2) is 36.4 Å². The molecule has 4 nitrogen and oxygen atoms in total. The highest BCUT2D eigenvalue weighted by Crippen LogP contribution is 2.31. The molecule has 2 aromatic carbocycles. The van der Waals surface area contributed by atoms with Gasteiger partial charge in [-0.05, 0) is 43.2 Å². The third-order valence-electron chi connectivity index (χ3n) is 2.97. The van der Waals surface area contributed by atoms with Gasteiger partial charge in [0.05, 0.1) is 4.92 Å². The van der Waals surface area contributed by atoms with E-state index < -0.39 is 0 Å². The highest BCUT2D eigenvalue weighted by Gasteiger charge is 2.14. The Morgan fingerprint density at radius 1 is 1.20 bits per heavy atom. The van der Waals surface area contributed by atoms with Crippen LogP contribution < -0.4 is 4.74 Å². The van der Waals surface area contributed by atoms with Crippen molar-refractivity contribution in [3.63, 3.8) is 0 Å². The molecule has 0 saturated heterocycles. The summed E-state index contributed by atoms with van der Waals surface area (Å²) in [5, 5.41) is 10.9. The molecule has 0 amide bonds. The summed E-state index contributed by atoms with van der Waals surface area (Å²) in [7, 11) is 0. The number of alkyl halides is 1. The first kappa shape index (κ1) is 14.3. The second-order valence-corrected chi connectivity index (χ2v) is 4.81. The number of hydrogen-bond acceptors (Lipinski definition) is 3. The van der Waals surface area contributed by atoms with Crippen molar-refractivity contribution in [2.24, 2.45) is 0 Å². The number of nitro benzene ring substituents is 1. The summed E-state index contributed by atoms with van der Waals surface area (Å²) in [6.45, 7) is 3.48. The van der Waals surface area contributed by atoms with E-state index in [4.69, 9.17) is 16.3 Å². The molecule has 0 unspecified atom stereocenters. The Morgan fingerprint density at radius 3 is 2.60 bits per heavy atom. The van der Waals surface area contributed by atoms with E-state index in [1.807, 2.05) is 24.3 Å². The van der Waals surface area contributed by atoms with Gasteiger partial charge in [-0.2, -0.15) is 0 Å². The Hall–Kier alpha value is -2.07. The Balaban J connectivity index is 2.34. The van der Waals surface area contributed by atoms with Crippen molar-refractivity contribution in [2.75, 3.05) is 0 Å². The van der Waals surface area contributed by atoms with Gasteiger partial charge in [0.1, 0.15) is 11.5 Å². The summed E-state index contributed by atoms with van der Waals surface area (Å²) in [4.78, 5) is 10.5. The van der Waals surface area contributed by atoms with Crippen LogP contribution in [0.1, 0.15) is 16.7 Å². The largest absolute Gasteiger partial charge is 0.457 e. The van der Waals surface area contributed by atoms with Crippen molar-refractivity contribution < 1.29 is 9.66 Å². The number of hydrogen-bond donors (Lipinski definition) is 0. The van der Waals surface area contributed by atoms with Crippen molar-refractivity contribution in [3.05, 3.63) is 63.2 Å². The highest BCUT2D eigenvalue weighted by atomic mass is 35.5. The van der Waals surface area contributed by atoms with Crippen molar-refractivity contribution in [1.82, 2.24) is 0 Å². The lowest BCUT2D eigenvalue weighted by Gasteiger charge is -2.10. The van der Waals surface area contributed by atoms with Crippen molar-refractivity contribution in [3.8, 4) is 11.5 Å². The van der Waals surface area contributed by atoms with Gasteiger partial charge in [0.15, 0.2) is 0 Å². The van der Waals surface area contributed by atoms with Crippen LogP contribution in [-0.4, -0.2) is 4.92 Å². The minimum absolute atomic E-state index is 0.101. The van der Waals surface area contributed by atoms with Gasteiger partial charge in [-0.3, -0.25) is 10.1 Å². The zero-order valence-electron chi connectivity index (χ0n) is 11.2. The maximum atomic E-state index is 10.9. The fourth-order valence-corrected chi connectivity index (χ4v) is 2.07. The van der Waals surface area contributed by atoms with E-state index in [0.29, 0.717) is 22.9 Å². The average Bonchev–Trinajstić information content (AvgIpc) is 2.42. The molecule has 0 radical (unpaired) electrons. The number of benzene rings is 2. The normalized spacial score (nSPS) is 10.3. The number of nitrogens with zero attached hydrogens (tertiary/aromatic N) is 1. The van der Waals surface area contributed by atoms with Crippen LogP contribution in [0.3, 0.4) is 0 Å². The van der Waals surface area contributed by atoms with E-state index in [-0.39, 0.29) is 10.6 Å². The summed E-state index contributed by atoms with van der Waals surface area (Å²) in [5.74, 6) is 1.69. The number of nitro groups is 1. The molecule has 0 bridgehead atoms. The SMILES string of the molecule is Cc1cc([N+](=O)[O-])c(C)cc1Oc1cccc(CCl)c1. The van der Waals surface area contributed by atoms with Crippen LogP contribution in [0.4, 0.5) is 5.69 Å². The van der Waals surface area contributed by atoms with E-state index in [1.165, 1.54) is 6.07 Å². The highest BCUT2D eigenvalue weighted by molar-refractivity contribution is 6.17. The van der Waals surface area contributed by atoms with Crippen LogP contribution >= 0.6 is 11.6 Å². The van der Waals surface area contributed by atoms with Crippen molar-refractivity contribution in [2.45, 2.75) is 19.7 Å². The Bertz CT molecular complexity index is 656. The van der Waals surface area contributed by atoms with Gasteiger partial charge in [-0.25, -0.2) is 0 Å². The van der Waals surface area contributed by atoms with Gasteiger partial charge in [0.2, 0.25) is 0 Å². The lowest BCUT2D eigenvalue weighted by Crippen LogP contribution is -1.95. The average molecular weight is 292 g/mol. The summed E-state index contributed by atoms with van der Waals surface area (Å²) in [5.41, 5.74) is 2.35. The van der Waals surface area contributed by atoms with Crippen LogP contribution in [0.25, 0.3) is 0 Å². The van der Waals surface area contributed by atoms with Gasteiger partial charge in [0.25, 0.3) is 5.69 Å². The summed E-state index contributed by atoms with van der Waals surface area (Å²) < 4.78 is 5.79. The van der Waals surface area contributed by atoms with Crippen LogP contribution in [-0.2, 0) is 5.88 Å². The molecule has 0 aliphatic rings. The lowest BCUT2D eigenvalue weighted by atomic mass is 10.1. The zero-order chi connectivity index (χ0) is 14.7. The van der Waals surface area contributed by atoms with Crippen LogP contribution in [0.5, 0.6) is 11.5 Å². The van der Waals surface area contributed by atoms with Crippen molar-refractivity contribution in [1.29, 1.82) is 0 Å². The van der Waals surface area contributed by atoms with Crippen LogP contribution in [0, 0.1) is 24.0 Å². The molecule has 5 heteroatoms. The molecule has 2 rings (SSSR count). The van der Waals surface area contributed by atoms with Crippen molar-refractivity contribution >= 4 is 17.3 Å². The molecule has 0 heterocycles. The van der Waals surface area contributed by atoms with Gasteiger partial charge < -0.3 is 4.74 Å². The third kappa shape index (κ3) is 3.08. The maximum absolute atomic E-state index is 10.9. The predicted octanol–water partition coefficient (Wildman–Crippen LogP) is 4.74. The minimum atomic E-state index is -0.389. The fraction of sp³-hybridized carbons (Fsp3) is 0.200. The zero-order valence-corrected chi connectivity index (χ0v) is 12.0. The third-order valence-corrected chi connectivity index (χ3v) is 3.28. The second-order valence-electron chi connectivity index (χ2n) is 4.54. The molecule has 0 saturated carbocycles. The van der Waals surface area contributed by atoms with Gasteiger partial charge in [-0.1, -0.05) is 12.1 Å². The molecule has 2 aromatic rings. The smallest absolute Gasteiger partial charge is 0.272 e. The van der Waals surface area contributed by atoms with E-state index in [0.717, 1.165) is 11.1 Å².